The number of nitrogens with one attached hydrogen (secondary N) is 1. The number of carbonyl (C=O) groups excluding carboxylic acids is 2. The lowest BCUT2D eigenvalue weighted by molar-refractivity contribution is -0.917. The van der Waals surface area contributed by atoms with Crippen LogP contribution >= 0.6 is 23.1 Å². The van der Waals surface area contributed by atoms with Gasteiger partial charge in [0.25, 0.3) is 5.91 Å². The summed E-state index contributed by atoms with van der Waals surface area (Å²) in [4.78, 5) is 30.8. The largest absolute Gasteiger partial charge is 0.348 e. The molecule has 1 aromatic carbocycles. The standard InChI is InChI=1S/C20H25N3O2S2/c1-21(2)19(24)15-27-18-6-4-3-5-17(18)20(25)23-10-8-22(9-11-23)13-16-7-12-26-14-16/h3-7,12,14H,8-11,13,15H2,1-2H3/p+1. The van der Waals surface area contributed by atoms with E-state index < -0.39 is 0 Å². The number of quaternary nitrogens is 1. The van der Waals surface area contributed by atoms with E-state index in [4.69, 9.17) is 0 Å². The molecule has 7 heteroatoms. The van der Waals surface area contributed by atoms with Crippen LogP contribution in [0.25, 0.3) is 0 Å². The molecule has 2 aromatic rings. The number of nitrogens with zero attached hydrogens (tertiary/aromatic N) is 2. The number of thiophene rings is 1. The fraction of sp³-hybridized carbons (Fsp3) is 0.400. The van der Waals surface area contributed by atoms with E-state index in [0.717, 1.165) is 37.6 Å². The van der Waals surface area contributed by atoms with Gasteiger partial charge in [-0.05, 0) is 29.0 Å². The Morgan fingerprint density at radius 1 is 1.19 bits per heavy atom. The van der Waals surface area contributed by atoms with Gasteiger partial charge in [0.1, 0.15) is 6.54 Å². The molecule has 1 N–H and O–H groups in total. The number of benzene rings is 1. The summed E-state index contributed by atoms with van der Waals surface area (Å²) in [6, 6.07) is 9.79. The van der Waals surface area contributed by atoms with E-state index in [-0.39, 0.29) is 11.8 Å². The lowest BCUT2D eigenvalue weighted by Gasteiger charge is -2.32. The molecular weight excluding hydrogens is 378 g/mol. The molecule has 0 radical (unpaired) electrons. The summed E-state index contributed by atoms with van der Waals surface area (Å²) >= 11 is 3.17. The Hall–Kier alpha value is -1.83. The number of hydrogen-bond donors (Lipinski definition) is 1. The second kappa shape index (κ2) is 9.39. The first-order valence-corrected chi connectivity index (χ1v) is 11.0. The van der Waals surface area contributed by atoms with Crippen molar-refractivity contribution >= 4 is 34.9 Å². The van der Waals surface area contributed by atoms with E-state index in [0.29, 0.717) is 11.3 Å². The first-order chi connectivity index (χ1) is 13.0. The minimum atomic E-state index is 0.0490. The van der Waals surface area contributed by atoms with Gasteiger partial charge in [0.05, 0.1) is 37.5 Å². The summed E-state index contributed by atoms with van der Waals surface area (Å²) in [6.07, 6.45) is 0. The van der Waals surface area contributed by atoms with Crippen LogP contribution < -0.4 is 4.90 Å². The average molecular weight is 405 g/mol. The van der Waals surface area contributed by atoms with Gasteiger partial charge < -0.3 is 14.7 Å². The summed E-state index contributed by atoms with van der Waals surface area (Å²) in [6.45, 7) is 4.51. The summed E-state index contributed by atoms with van der Waals surface area (Å²) in [5, 5.41) is 4.32. The van der Waals surface area contributed by atoms with Crippen molar-refractivity contribution in [2.24, 2.45) is 0 Å². The SMILES string of the molecule is CN(C)C(=O)CSc1ccccc1C(=O)N1CC[NH+](Cc2ccsc2)CC1. The Morgan fingerprint density at radius 2 is 1.93 bits per heavy atom. The van der Waals surface area contributed by atoms with Crippen molar-refractivity contribution < 1.29 is 14.5 Å². The third-order valence-electron chi connectivity index (χ3n) is 4.76. The Kier molecular flexibility index (Phi) is 6.93. The van der Waals surface area contributed by atoms with E-state index >= 15 is 0 Å². The lowest BCUT2D eigenvalue weighted by Crippen LogP contribution is -3.13. The highest BCUT2D eigenvalue weighted by atomic mass is 32.2. The van der Waals surface area contributed by atoms with E-state index in [9.17, 15) is 9.59 Å². The molecule has 0 aliphatic carbocycles. The quantitative estimate of drug-likeness (QED) is 0.742. The highest BCUT2D eigenvalue weighted by Crippen LogP contribution is 2.24. The van der Waals surface area contributed by atoms with Crippen LogP contribution in [0.3, 0.4) is 0 Å². The maximum Gasteiger partial charge on any atom is 0.255 e. The van der Waals surface area contributed by atoms with Gasteiger partial charge in [-0.15, -0.1) is 11.8 Å². The third-order valence-corrected chi connectivity index (χ3v) is 6.55. The zero-order valence-electron chi connectivity index (χ0n) is 15.8. The van der Waals surface area contributed by atoms with Gasteiger partial charge in [-0.1, -0.05) is 12.1 Å². The Labute approximate surface area is 168 Å². The van der Waals surface area contributed by atoms with Crippen molar-refractivity contribution in [3.8, 4) is 0 Å². The van der Waals surface area contributed by atoms with Crippen molar-refractivity contribution in [3.05, 3.63) is 52.2 Å². The topological polar surface area (TPSA) is 45.1 Å². The Bertz CT molecular complexity index is 769. The number of thioether (sulfide) groups is 1. The van der Waals surface area contributed by atoms with Crippen molar-refractivity contribution in [3.63, 3.8) is 0 Å². The summed E-state index contributed by atoms with van der Waals surface area (Å²) < 4.78 is 0. The maximum atomic E-state index is 13.0. The van der Waals surface area contributed by atoms with Crippen LogP contribution in [-0.2, 0) is 11.3 Å². The van der Waals surface area contributed by atoms with Gasteiger partial charge in [0, 0.05) is 24.6 Å². The normalized spacial score (nSPS) is 15.0. The predicted molar refractivity (Wildman–Crippen MR) is 110 cm³/mol. The molecule has 0 bridgehead atoms. The van der Waals surface area contributed by atoms with E-state index in [1.807, 2.05) is 29.2 Å². The molecule has 1 fully saturated rings. The molecule has 5 nitrogen and oxygen atoms in total. The fourth-order valence-corrected chi connectivity index (χ4v) is 4.78. The molecule has 1 aliphatic heterocycles. The summed E-state index contributed by atoms with van der Waals surface area (Å²) in [7, 11) is 3.50. The van der Waals surface area contributed by atoms with Gasteiger partial charge in [-0.25, -0.2) is 0 Å². The minimum absolute atomic E-state index is 0.0490. The van der Waals surface area contributed by atoms with Crippen LogP contribution in [0.15, 0.2) is 46.0 Å². The molecule has 0 unspecified atom stereocenters. The average Bonchev–Trinajstić information content (AvgIpc) is 3.19. The van der Waals surface area contributed by atoms with Crippen molar-refractivity contribution in [2.45, 2.75) is 11.4 Å². The molecule has 2 heterocycles. The fourth-order valence-electron chi connectivity index (χ4n) is 3.09. The molecule has 1 aliphatic rings. The number of rotatable bonds is 6. The molecule has 1 saturated heterocycles. The van der Waals surface area contributed by atoms with Crippen LogP contribution in [0.5, 0.6) is 0 Å². The first-order valence-electron chi connectivity index (χ1n) is 9.10. The van der Waals surface area contributed by atoms with Gasteiger partial charge in [-0.2, -0.15) is 11.3 Å². The molecule has 2 amide bonds. The summed E-state index contributed by atoms with van der Waals surface area (Å²) in [5.41, 5.74) is 2.08. The number of hydrogen-bond acceptors (Lipinski definition) is 4. The van der Waals surface area contributed by atoms with Crippen molar-refractivity contribution in [2.75, 3.05) is 46.0 Å². The molecule has 0 atom stereocenters. The second-order valence-electron chi connectivity index (χ2n) is 6.92. The van der Waals surface area contributed by atoms with Gasteiger partial charge in [0.15, 0.2) is 0 Å². The zero-order valence-corrected chi connectivity index (χ0v) is 17.4. The third kappa shape index (κ3) is 5.34. The minimum Gasteiger partial charge on any atom is -0.348 e. The van der Waals surface area contributed by atoms with Crippen LogP contribution in [0.1, 0.15) is 15.9 Å². The number of piperazine rings is 1. The van der Waals surface area contributed by atoms with Crippen molar-refractivity contribution in [1.82, 2.24) is 9.80 Å². The van der Waals surface area contributed by atoms with Gasteiger partial charge in [-0.3, -0.25) is 9.59 Å². The maximum absolute atomic E-state index is 13.0. The summed E-state index contributed by atoms with van der Waals surface area (Å²) in [5.74, 6) is 0.466. The van der Waals surface area contributed by atoms with Crippen molar-refractivity contribution in [1.29, 1.82) is 0 Å². The van der Waals surface area contributed by atoms with E-state index in [1.54, 1.807) is 30.3 Å². The van der Waals surface area contributed by atoms with E-state index in [1.165, 1.54) is 22.2 Å². The van der Waals surface area contributed by atoms with Crippen LogP contribution in [0.2, 0.25) is 0 Å². The first kappa shape index (κ1) is 19.9. The Balaban J connectivity index is 1.59. The molecule has 3 rings (SSSR count). The molecule has 144 valence electrons. The molecular formula is C20H26N3O2S2+. The highest BCUT2D eigenvalue weighted by molar-refractivity contribution is 8.00. The van der Waals surface area contributed by atoms with Crippen LogP contribution in [-0.4, -0.2) is 67.6 Å². The monoisotopic (exact) mass is 404 g/mol. The smallest absolute Gasteiger partial charge is 0.255 e. The molecule has 0 saturated carbocycles. The lowest BCUT2D eigenvalue weighted by atomic mass is 10.1. The van der Waals surface area contributed by atoms with Crippen LogP contribution in [0, 0.1) is 0 Å². The van der Waals surface area contributed by atoms with E-state index in [2.05, 4.69) is 16.8 Å². The number of carbonyl (C=O) groups is 2. The highest BCUT2D eigenvalue weighted by Gasteiger charge is 2.26. The second-order valence-corrected chi connectivity index (χ2v) is 8.72. The molecule has 1 aromatic heterocycles. The molecule has 0 spiro atoms. The predicted octanol–water partition coefficient (Wildman–Crippen LogP) is 1.47. The van der Waals surface area contributed by atoms with Crippen LogP contribution in [0.4, 0.5) is 0 Å². The number of amides is 2. The zero-order chi connectivity index (χ0) is 19.2. The Morgan fingerprint density at radius 3 is 2.59 bits per heavy atom. The van der Waals surface area contributed by atoms with Gasteiger partial charge >= 0.3 is 0 Å². The molecule has 27 heavy (non-hydrogen) atoms. The van der Waals surface area contributed by atoms with Gasteiger partial charge in [0.2, 0.25) is 5.91 Å².